The van der Waals surface area contributed by atoms with Crippen LogP contribution in [-0.4, -0.2) is 9.55 Å². The van der Waals surface area contributed by atoms with E-state index in [4.69, 9.17) is 0 Å². The topological polar surface area (TPSA) is 41.6 Å². The summed E-state index contributed by atoms with van der Waals surface area (Å²) in [6.45, 7) is 0. The van der Waals surface area contributed by atoms with Crippen molar-refractivity contribution in [1.82, 2.24) is 9.55 Å². The Hall–Kier alpha value is -3.12. The third-order valence-electron chi connectivity index (χ3n) is 5.70. The van der Waals surface area contributed by atoms with Crippen LogP contribution in [0.25, 0.3) is 23.4 Å². The van der Waals surface area contributed by atoms with E-state index in [1.807, 2.05) is 12.3 Å². The first-order valence-electron chi connectivity index (χ1n) is 9.71. The molecule has 2 heterocycles. The summed E-state index contributed by atoms with van der Waals surface area (Å²) in [7, 11) is 0. The minimum Gasteiger partial charge on any atom is -0.317 e. The molecule has 3 heteroatoms. The first kappa shape index (κ1) is 16.1. The molecule has 0 bridgehead atoms. The van der Waals surface area contributed by atoms with Crippen LogP contribution in [0.4, 0.5) is 0 Å². The van der Waals surface area contributed by atoms with Gasteiger partial charge in [-0.3, -0.25) is 4.98 Å². The average molecular weight is 351 g/mol. The summed E-state index contributed by atoms with van der Waals surface area (Å²) >= 11 is 0. The monoisotopic (exact) mass is 351 g/mol. The maximum atomic E-state index is 9.18. The Morgan fingerprint density at radius 3 is 2.81 bits per heavy atom. The van der Waals surface area contributed by atoms with Crippen molar-refractivity contribution in [2.24, 2.45) is 0 Å². The van der Waals surface area contributed by atoms with Crippen LogP contribution in [0.3, 0.4) is 0 Å². The molecule has 0 aliphatic heterocycles. The molecule has 0 unspecified atom stereocenters. The fourth-order valence-corrected chi connectivity index (χ4v) is 4.49. The summed E-state index contributed by atoms with van der Waals surface area (Å²) in [5.41, 5.74) is 9.95. The minimum absolute atomic E-state index is 0.609. The molecule has 3 nitrogen and oxygen atoms in total. The second-order valence-electron chi connectivity index (χ2n) is 7.35. The SMILES string of the molecule is N#Cc1cncc(C2=CCCC(n3c4c(c5c3CCC=C5)CCC=C4)=C2)c1. The van der Waals surface area contributed by atoms with Gasteiger partial charge >= 0.3 is 0 Å². The molecule has 0 fully saturated rings. The van der Waals surface area contributed by atoms with Crippen LogP contribution in [0.5, 0.6) is 0 Å². The van der Waals surface area contributed by atoms with E-state index >= 15 is 0 Å². The van der Waals surface area contributed by atoms with Gasteiger partial charge in [-0.2, -0.15) is 5.26 Å². The number of hydrogen-bond acceptors (Lipinski definition) is 2. The van der Waals surface area contributed by atoms with Crippen molar-refractivity contribution in [3.05, 3.63) is 76.4 Å². The number of allylic oxidation sites excluding steroid dienone is 6. The van der Waals surface area contributed by atoms with Crippen molar-refractivity contribution in [2.75, 3.05) is 0 Å². The van der Waals surface area contributed by atoms with Gasteiger partial charge in [-0.25, -0.2) is 0 Å². The van der Waals surface area contributed by atoms with Crippen LogP contribution in [0.2, 0.25) is 0 Å². The predicted octanol–water partition coefficient (Wildman–Crippen LogP) is 5.39. The Balaban J connectivity index is 1.64. The molecule has 0 saturated carbocycles. The zero-order valence-electron chi connectivity index (χ0n) is 15.3. The first-order valence-corrected chi connectivity index (χ1v) is 9.71. The van der Waals surface area contributed by atoms with E-state index in [2.05, 4.69) is 52.1 Å². The van der Waals surface area contributed by atoms with Crippen LogP contribution in [0.15, 0.2) is 42.8 Å². The summed E-state index contributed by atoms with van der Waals surface area (Å²) in [6.07, 6.45) is 23.8. The molecule has 3 aliphatic rings. The first-order chi connectivity index (χ1) is 13.3. The predicted molar refractivity (Wildman–Crippen MR) is 110 cm³/mol. The molecule has 27 heavy (non-hydrogen) atoms. The van der Waals surface area contributed by atoms with Crippen LogP contribution >= 0.6 is 0 Å². The fraction of sp³-hybridized carbons (Fsp3) is 0.250. The van der Waals surface area contributed by atoms with Crippen molar-refractivity contribution in [1.29, 1.82) is 5.26 Å². The molecule has 0 spiro atoms. The van der Waals surface area contributed by atoms with Gasteiger partial charge in [-0.05, 0) is 73.4 Å². The molecule has 0 saturated heterocycles. The maximum absolute atomic E-state index is 9.18. The normalized spacial score (nSPS) is 17.6. The molecule has 2 aromatic rings. The molecular formula is C24H21N3. The van der Waals surface area contributed by atoms with E-state index in [1.54, 1.807) is 6.20 Å². The van der Waals surface area contributed by atoms with Gasteiger partial charge in [-0.15, -0.1) is 0 Å². The quantitative estimate of drug-likeness (QED) is 0.728. The third-order valence-corrected chi connectivity index (χ3v) is 5.70. The molecule has 0 atom stereocenters. The largest absolute Gasteiger partial charge is 0.317 e. The van der Waals surface area contributed by atoms with Crippen molar-refractivity contribution < 1.29 is 0 Å². The zero-order chi connectivity index (χ0) is 18.2. The van der Waals surface area contributed by atoms with Crippen molar-refractivity contribution in [3.8, 4) is 6.07 Å². The molecule has 0 amide bonds. The van der Waals surface area contributed by atoms with Gasteiger partial charge in [0.05, 0.1) is 5.56 Å². The lowest BCUT2D eigenvalue weighted by molar-refractivity contribution is 0.843. The highest BCUT2D eigenvalue weighted by Crippen LogP contribution is 2.38. The number of aromatic nitrogens is 2. The molecular weight excluding hydrogens is 330 g/mol. The number of pyridine rings is 1. The van der Waals surface area contributed by atoms with Crippen LogP contribution < -0.4 is 0 Å². The van der Waals surface area contributed by atoms with E-state index in [1.165, 1.54) is 33.8 Å². The number of hydrogen-bond donors (Lipinski definition) is 0. The molecule has 0 N–H and O–H groups in total. The minimum atomic E-state index is 0.609. The van der Waals surface area contributed by atoms with Gasteiger partial charge < -0.3 is 4.57 Å². The van der Waals surface area contributed by atoms with E-state index < -0.39 is 0 Å². The lowest BCUT2D eigenvalue weighted by Crippen LogP contribution is -2.09. The lowest BCUT2D eigenvalue weighted by Gasteiger charge is -2.21. The van der Waals surface area contributed by atoms with Gasteiger partial charge in [0, 0.05) is 35.0 Å². The van der Waals surface area contributed by atoms with E-state index in [-0.39, 0.29) is 0 Å². The zero-order valence-corrected chi connectivity index (χ0v) is 15.3. The summed E-state index contributed by atoms with van der Waals surface area (Å²) in [5, 5.41) is 9.18. The second kappa shape index (κ2) is 6.55. The Bertz CT molecular complexity index is 1080. The Morgan fingerprint density at radius 1 is 1.00 bits per heavy atom. The molecule has 132 valence electrons. The summed E-state index contributed by atoms with van der Waals surface area (Å²) in [6, 6.07) is 4.13. The Kier molecular flexibility index (Phi) is 3.90. The summed E-state index contributed by atoms with van der Waals surface area (Å²) in [5.74, 6) is 0. The average Bonchev–Trinajstić information content (AvgIpc) is 3.08. The summed E-state index contributed by atoms with van der Waals surface area (Å²) in [4.78, 5) is 4.24. The van der Waals surface area contributed by atoms with Gasteiger partial charge in [-0.1, -0.05) is 24.3 Å². The van der Waals surface area contributed by atoms with Crippen molar-refractivity contribution in [3.63, 3.8) is 0 Å². The van der Waals surface area contributed by atoms with Gasteiger partial charge in [0.25, 0.3) is 0 Å². The molecule has 0 aromatic carbocycles. The lowest BCUT2D eigenvalue weighted by atomic mass is 9.96. The Morgan fingerprint density at radius 2 is 1.89 bits per heavy atom. The van der Waals surface area contributed by atoms with Crippen molar-refractivity contribution in [2.45, 2.75) is 38.5 Å². The maximum Gasteiger partial charge on any atom is 0.101 e. The van der Waals surface area contributed by atoms with Crippen LogP contribution in [0.1, 0.15) is 59.3 Å². The molecule has 0 radical (unpaired) electrons. The summed E-state index contributed by atoms with van der Waals surface area (Å²) < 4.78 is 2.51. The van der Waals surface area contributed by atoms with Crippen LogP contribution in [-0.2, 0) is 12.8 Å². The molecule has 5 rings (SSSR count). The number of rotatable bonds is 2. The van der Waals surface area contributed by atoms with E-state index in [0.29, 0.717) is 5.56 Å². The van der Waals surface area contributed by atoms with Gasteiger partial charge in [0.15, 0.2) is 0 Å². The Labute approximate surface area is 159 Å². The highest BCUT2D eigenvalue weighted by atomic mass is 15.0. The van der Waals surface area contributed by atoms with E-state index in [9.17, 15) is 5.26 Å². The molecule has 3 aliphatic carbocycles. The van der Waals surface area contributed by atoms with Crippen molar-refractivity contribution >= 4 is 23.4 Å². The van der Waals surface area contributed by atoms with E-state index in [0.717, 1.165) is 44.1 Å². The van der Waals surface area contributed by atoms with Gasteiger partial charge in [0.2, 0.25) is 0 Å². The second-order valence-corrected chi connectivity index (χ2v) is 7.35. The highest BCUT2D eigenvalue weighted by Gasteiger charge is 2.24. The third kappa shape index (κ3) is 2.69. The number of nitriles is 1. The number of fused-ring (bicyclic) bond motifs is 3. The van der Waals surface area contributed by atoms with Gasteiger partial charge in [0.1, 0.15) is 6.07 Å². The smallest absolute Gasteiger partial charge is 0.101 e. The molecule has 2 aromatic heterocycles. The highest BCUT2D eigenvalue weighted by molar-refractivity contribution is 5.83. The van der Waals surface area contributed by atoms with Crippen LogP contribution in [0, 0.1) is 11.3 Å². The number of nitrogens with zero attached hydrogens (tertiary/aromatic N) is 3. The fourth-order valence-electron chi connectivity index (χ4n) is 4.49. The standard InChI is InChI=1S/C24H21N3/c25-14-17-12-19(16-26-15-17)18-6-5-7-20(13-18)27-23-10-3-1-8-21(23)22-9-2-4-11-24(22)27/h1,4,6,8,11-13,15-16H,2-3,5,7,9-10H2.